The van der Waals surface area contributed by atoms with Crippen LogP contribution in [0.2, 0.25) is 0 Å². The van der Waals surface area contributed by atoms with Crippen molar-refractivity contribution in [2.45, 2.75) is 36.6 Å². The molecule has 0 heterocycles. The smallest absolute Gasteiger partial charge is 0.313 e. The highest BCUT2D eigenvalue weighted by Crippen LogP contribution is 2.58. The van der Waals surface area contributed by atoms with Crippen LogP contribution in [0.3, 0.4) is 0 Å². The van der Waals surface area contributed by atoms with Gasteiger partial charge < -0.3 is 53.8 Å². The lowest BCUT2D eigenvalue weighted by Crippen LogP contribution is -2.66. The second-order valence-corrected chi connectivity index (χ2v) is 14.7. The van der Waals surface area contributed by atoms with Crippen molar-refractivity contribution in [1.29, 1.82) is 0 Å². The second kappa shape index (κ2) is 11.8. The van der Waals surface area contributed by atoms with Gasteiger partial charge in [0.1, 0.15) is 36.6 Å². The van der Waals surface area contributed by atoms with Crippen LogP contribution in [0.1, 0.15) is 0 Å². The third kappa shape index (κ3) is 13.4. The van der Waals surface area contributed by atoms with Crippen LogP contribution in [0.5, 0.6) is 0 Å². The summed E-state index contributed by atoms with van der Waals surface area (Å²) in [6.45, 7) is -5.54. The number of phosphoric ester groups is 5. The SMILES string of the molecule is O=P(O)(O)OC1[C@@H](OP(=O)(O)O)[C@H](OP(=O)(O)O)C(OP(=O)(O)Cl)[C@@H](OP(=O)(O)O)[C@H]1OP(=O)(O)O. The summed E-state index contributed by atoms with van der Waals surface area (Å²) in [4.78, 5) is 101. The highest BCUT2D eigenvalue weighted by molar-refractivity contribution is 7.80. The third-order valence-electron chi connectivity index (χ3n) is 3.49. The number of phosphoric acid groups is 5. The summed E-state index contributed by atoms with van der Waals surface area (Å²) in [6, 6.07) is 0. The van der Waals surface area contributed by atoms with Crippen molar-refractivity contribution in [1.82, 2.24) is 0 Å². The average Bonchev–Trinajstić information content (AvgIpc) is 2.51. The maximum Gasteiger partial charge on any atom is 0.470 e. The van der Waals surface area contributed by atoms with Crippen molar-refractivity contribution < 1.29 is 108 Å². The van der Waals surface area contributed by atoms with Gasteiger partial charge in [-0.3, -0.25) is 27.1 Å². The number of hydrogen-bond donors (Lipinski definition) is 11. The molecule has 0 amide bonds. The molecule has 23 nitrogen and oxygen atoms in total. The van der Waals surface area contributed by atoms with Gasteiger partial charge >= 0.3 is 46.1 Å². The highest BCUT2D eigenvalue weighted by Gasteiger charge is 2.62. The Morgan fingerprint density at radius 2 is 0.500 bits per heavy atom. The van der Waals surface area contributed by atoms with Gasteiger partial charge in [-0.25, -0.2) is 27.4 Å². The molecule has 1 aliphatic rings. The Kier molecular flexibility index (Phi) is 11.5. The van der Waals surface area contributed by atoms with Gasteiger partial charge in [0, 0.05) is 11.2 Å². The van der Waals surface area contributed by atoms with E-state index in [1.807, 2.05) is 0 Å². The maximum absolute atomic E-state index is 11.7. The lowest BCUT2D eigenvalue weighted by atomic mass is 9.85. The summed E-state index contributed by atoms with van der Waals surface area (Å²) < 4.78 is 93.9. The molecular formula is C6H17ClO23P6. The molecule has 0 aliphatic heterocycles. The summed E-state index contributed by atoms with van der Waals surface area (Å²) in [6.07, 6.45) is -18.4. The fraction of sp³-hybridized carbons (Fsp3) is 1.00. The van der Waals surface area contributed by atoms with Gasteiger partial charge in [0.15, 0.2) is 0 Å². The lowest BCUT2D eigenvalue weighted by molar-refractivity contribution is -0.199. The highest BCUT2D eigenvalue weighted by atomic mass is 35.7. The topological polar surface area (TPSA) is 380 Å². The van der Waals surface area contributed by atoms with Gasteiger partial charge in [-0.1, -0.05) is 0 Å². The Morgan fingerprint density at radius 1 is 0.361 bits per heavy atom. The fourth-order valence-corrected chi connectivity index (χ4v) is 6.39. The maximum atomic E-state index is 11.7. The van der Waals surface area contributed by atoms with Gasteiger partial charge in [-0.2, -0.15) is 0 Å². The lowest BCUT2D eigenvalue weighted by Gasteiger charge is -2.48. The minimum atomic E-state index is -5.99. The van der Waals surface area contributed by atoms with Gasteiger partial charge in [-0.15, -0.1) is 0 Å². The van der Waals surface area contributed by atoms with Crippen molar-refractivity contribution in [3.8, 4) is 0 Å². The molecule has 0 aromatic rings. The first kappa shape index (κ1) is 35.0. The first-order chi connectivity index (χ1) is 15.6. The Hall–Kier alpha value is 0.990. The predicted octanol–water partition coefficient (Wildman–Crippen LogP) is -1.89. The number of rotatable bonds is 12. The van der Waals surface area contributed by atoms with Crippen LogP contribution >= 0.6 is 57.3 Å². The second-order valence-electron chi connectivity index (χ2n) is 6.32. The van der Waals surface area contributed by atoms with E-state index in [4.69, 9.17) is 60.2 Å². The molecule has 0 spiro atoms. The third-order valence-corrected chi connectivity index (χ3v) is 6.82. The van der Waals surface area contributed by atoms with Crippen LogP contribution in [0, 0.1) is 0 Å². The van der Waals surface area contributed by atoms with Gasteiger partial charge in [0.2, 0.25) is 0 Å². The van der Waals surface area contributed by atoms with Gasteiger partial charge in [0.05, 0.1) is 0 Å². The fourth-order valence-electron chi connectivity index (χ4n) is 2.78. The van der Waals surface area contributed by atoms with Crippen LogP contribution in [0.25, 0.3) is 0 Å². The van der Waals surface area contributed by atoms with Crippen molar-refractivity contribution in [3.63, 3.8) is 0 Å². The first-order valence-corrected chi connectivity index (χ1v) is 18.1. The van der Waals surface area contributed by atoms with E-state index >= 15 is 0 Å². The summed E-state index contributed by atoms with van der Waals surface area (Å²) in [5, 5.41) is 0. The van der Waals surface area contributed by atoms with Gasteiger partial charge in [-0.05, 0) is 0 Å². The van der Waals surface area contributed by atoms with E-state index in [9.17, 15) is 32.3 Å². The van der Waals surface area contributed by atoms with Crippen LogP contribution in [0.4, 0.5) is 0 Å². The normalized spacial score (nSPS) is 30.7. The quantitative estimate of drug-likeness (QED) is 0.100. The molecule has 7 atom stereocenters. The monoisotopic (exact) mass is 678 g/mol. The van der Waals surface area contributed by atoms with Crippen LogP contribution in [-0.2, 0) is 54.5 Å². The van der Waals surface area contributed by atoms with Crippen LogP contribution in [-0.4, -0.2) is 90.5 Å². The molecule has 11 N–H and O–H groups in total. The van der Waals surface area contributed by atoms with Crippen molar-refractivity contribution in [3.05, 3.63) is 0 Å². The first-order valence-electron chi connectivity index (χ1n) is 7.97. The minimum absolute atomic E-state index is 3.02. The standard InChI is InChI=1S/C6H17ClO23P6/c7-31(8,9)25-1-2(26-32(10,11)12)4(28-34(16,17)18)6(30-36(22,23)24)5(29-35(19,20)21)3(1)27-33(13,14)15/h1-6H,(H,8,9)(H2,10,11,12)(H2,13,14,15)(H2,16,17,18)(H2,19,20,21)(H2,22,23,24)/t1?,2-,3-,4-,5+,6?/m1/s1. The van der Waals surface area contributed by atoms with Crippen LogP contribution < -0.4 is 0 Å². The molecule has 3 unspecified atom stereocenters. The molecule has 0 saturated heterocycles. The molecule has 216 valence electrons. The molecule has 0 aromatic carbocycles. The van der Waals surface area contributed by atoms with E-state index in [0.29, 0.717) is 0 Å². The zero-order valence-electron chi connectivity index (χ0n) is 16.3. The van der Waals surface area contributed by atoms with E-state index in [2.05, 4.69) is 27.1 Å². The summed E-state index contributed by atoms with van der Waals surface area (Å²) >= 11 is 4.99. The van der Waals surface area contributed by atoms with E-state index in [0.717, 1.165) is 0 Å². The van der Waals surface area contributed by atoms with Crippen LogP contribution in [0.15, 0.2) is 0 Å². The Bertz CT molecular complexity index is 824. The molecule has 1 rings (SSSR count). The predicted molar refractivity (Wildman–Crippen MR) is 105 cm³/mol. The van der Waals surface area contributed by atoms with Crippen molar-refractivity contribution >= 4 is 57.3 Å². The molecule has 0 radical (unpaired) electrons. The Labute approximate surface area is 202 Å². The van der Waals surface area contributed by atoms with E-state index in [1.54, 1.807) is 0 Å². The molecule has 1 saturated carbocycles. The minimum Gasteiger partial charge on any atom is -0.313 e. The zero-order chi connectivity index (χ0) is 28.7. The molecule has 36 heavy (non-hydrogen) atoms. The zero-order valence-corrected chi connectivity index (χ0v) is 22.5. The van der Waals surface area contributed by atoms with E-state index in [1.165, 1.54) is 0 Å². The molecule has 1 aliphatic carbocycles. The van der Waals surface area contributed by atoms with E-state index in [-0.39, 0.29) is 0 Å². The Morgan fingerprint density at radius 3 is 0.611 bits per heavy atom. The number of hydrogen-bond acceptors (Lipinski definition) is 12. The summed E-state index contributed by atoms with van der Waals surface area (Å²) in [5.41, 5.74) is 0. The summed E-state index contributed by atoms with van der Waals surface area (Å²) in [5.74, 6) is 0. The molecular weight excluding hydrogens is 661 g/mol. The van der Waals surface area contributed by atoms with Gasteiger partial charge in [0.25, 0.3) is 0 Å². The van der Waals surface area contributed by atoms with E-state index < -0.39 is 82.7 Å². The largest absolute Gasteiger partial charge is 0.470 e. The molecule has 0 bridgehead atoms. The van der Waals surface area contributed by atoms with Crippen molar-refractivity contribution in [2.75, 3.05) is 0 Å². The molecule has 0 aromatic heterocycles. The Balaban J connectivity index is 4.04. The van der Waals surface area contributed by atoms with Crippen molar-refractivity contribution in [2.24, 2.45) is 0 Å². The summed E-state index contributed by atoms with van der Waals surface area (Å²) in [7, 11) is -29.9. The molecule has 1 fully saturated rings. The average molecular weight is 678 g/mol. The number of halogens is 1. The molecule has 30 heteroatoms.